The molecule has 2 rings (SSSR count). The molecule has 23 heavy (non-hydrogen) atoms. The van der Waals surface area contributed by atoms with Crippen LogP contribution in [-0.2, 0) is 9.53 Å². The highest BCUT2D eigenvalue weighted by Crippen LogP contribution is 2.32. The summed E-state index contributed by atoms with van der Waals surface area (Å²) in [6.45, 7) is 1.88. The van der Waals surface area contributed by atoms with Crippen LogP contribution in [0.25, 0.3) is 0 Å². The standard InChI is InChI=1S/C15H20F2N2O2S.ClH/c1-21-10-15(5-7-18-8-6-15)13(20)19-11-3-2-4-12(9-11)22-14(16)17;/h2-4,9,14,18H,5-8,10H2,1H3,(H,19,20);1H. The molecule has 0 radical (unpaired) electrons. The number of benzene rings is 1. The fourth-order valence-corrected chi connectivity index (χ4v) is 3.19. The van der Waals surface area contributed by atoms with Crippen molar-refractivity contribution in [2.45, 2.75) is 23.5 Å². The molecule has 0 atom stereocenters. The highest BCUT2D eigenvalue weighted by Gasteiger charge is 2.39. The maximum atomic E-state index is 12.6. The lowest BCUT2D eigenvalue weighted by atomic mass is 9.78. The zero-order chi connectivity index (χ0) is 16.0. The van der Waals surface area contributed by atoms with Gasteiger partial charge in [0.2, 0.25) is 5.91 Å². The number of carbonyl (C=O) groups is 1. The van der Waals surface area contributed by atoms with Crippen molar-refractivity contribution in [2.24, 2.45) is 5.41 Å². The van der Waals surface area contributed by atoms with Crippen molar-refractivity contribution in [3.8, 4) is 0 Å². The number of rotatable bonds is 6. The first-order valence-electron chi connectivity index (χ1n) is 7.12. The summed E-state index contributed by atoms with van der Waals surface area (Å²) in [6.07, 6.45) is 1.39. The van der Waals surface area contributed by atoms with Crippen LogP contribution in [0.4, 0.5) is 14.5 Å². The SMILES string of the molecule is COCC1(C(=O)Nc2cccc(SC(F)F)c2)CCNCC1.Cl. The maximum absolute atomic E-state index is 12.6. The summed E-state index contributed by atoms with van der Waals surface area (Å²) in [6, 6.07) is 6.53. The number of amides is 1. The molecule has 1 fully saturated rings. The molecular weight excluding hydrogens is 346 g/mol. The molecule has 1 aromatic carbocycles. The zero-order valence-electron chi connectivity index (χ0n) is 12.8. The van der Waals surface area contributed by atoms with Crippen molar-refractivity contribution in [2.75, 3.05) is 32.1 Å². The first-order chi connectivity index (χ1) is 10.6. The molecule has 0 saturated carbocycles. The Balaban J connectivity index is 0.00000264. The van der Waals surface area contributed by atoms with Crippen LogP contribution in [0.3, 0.4) is 0 Å². The van der Waals surface area contributed by atoms with Crippen molar-refractivity contribution < 1.29 is 18.3 Å². The van der Waals surface area contributed by atoms with Gasteiger partial charge in [-0.05, 0) is 44.1 Å². The summed E-state index contributed by atoms with van der Waals surface area (Å²) in [4.78, 5) is 13.1. The van der Waals surface area contributed by atoms with Gasteiger partial charge in [0.05, 0.1) is 12.0 Å². The Morgan fingerprint density at radius 3 is 2.74 bits per heavy atom. The van der Waals surface area contributed by atoms with Gasteiger partial charge in [-0.1, -0.05) is 17.8 Å². The van der Waals surface area contributed by atoms with Crippen molar-refractivity contribution >= 4 is 35.8 Å². The largest absolute Gasteiger partial charge is 0.384 e. The van der Waals surface area contributed by atoms with E-state index in [0.717, 1.165) is 13.1 Å². The minimum atomic E-state index is -2.48. The number of methoxy groups -OCH3 is 1. The van der Waals surface area contributed by atoms with Gasteiger partial charge >= 0.3 is 0 Å². The lowest BCUT2D eigenvalue weighted by Gasteiger charge is -2.35. The predicted octanol–water partition coefficient (Wildman–Crippen LogP) is 3.38. The lowest BCUT2D eigenvalue weighted by molar-refractivity contribution is -0.130. The summed E-state index contributed by atoms with van der Waals surface area (Å²) in [5.41, 5.74) is -0.0315. The lowest BCUT2D eigenvalue weighted by Crippen LogP contribution is -2.47. The third-order valence-corrected chi connectivity index (χ3v) is 4.48. The van der Waals surface area contributed by atoms with Crippen LogP contribution in [0.15, 0.2) is 29.2 Å². The molecule has 130 valence electrons. The predicted molar refractivity (Wildman–Crippen MR) is 90.6 cm³/mol. The van der Waals surface area contributed by atoms with E-state index in [2.05, 4.69) is 10.6 Å². The molecule has 0 aliphatic carbocycles. The third-order valence-electron chi connectivity index (χ3n) is 3.78. The molecule has 0 bridgehead atoms. The van der Waals surface area contributed by atoms with E-state index in [1.54, 1.807) is 31.4 Å². The van der Waals surface area contributed by atoms with Gasteiger partial charge in [-0.15, -0.1) is 12.4 Å². The van der Waals surface area contributed by atoms with E-state index >= 15 is 0 Å². The van der Waals surface area contributed by atoms with E-state index in [9.17, 15) is 13.6 Å². The van der Waals surface area contributed by atoms with Crippen LogP contribution in [0.5, 0.6) is 0 Å². The quantitative estimate of drug-likeness (QED) is 0.758. The Bertz CT molecular complexity index is 508. The van der Waals surface area contributed by atoms with Crippen LogP contribution in [0, 0.1) is 5.41 Å². The number of piperidine rings is 1. The van der Waals surface area contributed by atoms with E-state index in [1.807, 2.05) is 0 Å². The van der Waals surface area contributed by atoms with Gasteiger partial charge in [-0.25, -0.2) is 0 Å². The number of anilines is 1. The second-order valence-electron chi connectivity index (χ2n) is 5.32. The molecule has 1 saturated heterocycles. The number of carbonyl (C=O) groups excluding carboxylic acids is 1. The molecule has 2 N–H and O–H groups in total. The van der Waals surface area contributed by atoms with Gasteiger partial charge in [0.25, 0.3) is 5.76 Å². The van der Waals surface area contributed by atoms with E-state index in [4.69, 9.17) is 4.74 Å². The Hall–Kier alpha value is -0.890. The first kappa shape index (κ1) is 20.2. The maximum Gasteiger partial charge on any atom is 0.288 e. The molecular formula is C15H21ClF2N2O2S. The fraction of sp³-hybridized carbons (Fsp3) is 0.533. The molecule has 8 heteroatoms. The van der Waals surface area contributed by atoms with Crippen molar-refractivity contribution in [3.63, 3.8) is 0 Å². The van der Waals surface area contributed by atoms with E-state index in [1.165, 1.54) is 0 Å². The molecule has 1 aliphatic rings. The second-order valence-corrected chi connectivity index (χ2v) is 6.39. The number of thioether (sulfide) groups is 1. The molecule has 1 heterocycles. The summed E-state index contributed by atoms with van der Waals surface area (Å²) >= 11 is 0.465. The number of hydrogen-bond donors (Lipinski definition) is 2. The van der Waals surface area contributed by atoms with Crippen molar-refractivity contribution in [3.05, 3.63) is 24.3 Å². The minimum absolute atomic E-state index is 0. The van der Waals surface area contributed by atoms with Crippen LogP contribution < -0.4 is 10.6 Å². The van der Waals surface area contributed by atoms with Crippen LogP contribution in [-0.4, -0.2) is 38.5 Å². The highest BCUT2D eigenvalue weighted by atomic mass is 35.5. The minimum Gasteiger partial charge on any atom is -0.384 e. The van der Waals surface area contributed by atoms with E-state index in [0.29, 0.717) is 41.8 Å². The average molecular weight is 367 g/mol. The van der Waals surface area contributed by atoms with Gasteiger partial charge < -0.3 is 15.4 Å². The Kier molecular flexibility index (Phi) is 8.25. The molecule has 0 unspecified atom stereocenters. The number of halogens is 3. The molecule has 1 aromatic rings. The normalized spacial score (nSPS) is 16.7. The van der Waals surface area contributed by atoms with Gasteiger partial charge in [0.15, 0.2) is 0 Å². The van der Waals surface area contributed by atoms with Gasteiger partial charge in [0.1, 0.15) is 0 Å². The summed E-state index contributed by atoms with van der Waals surface area (Å²) in [5, 5.41) is 6.07. The van der Waals surface area contributed by atoms with E-state index < -0.39 is 11.2 Å². The number of nitrogens with one attached hydrogen (secondary N) is 2. The summed E-state index contributed by atoms with van der Waals surface area (Å²) in [7, 11) is 1.58. The molecule has 4 nitrogen and oxygen atoms in total. The topological polar surface area (TPSA) is 50.4 Å². The Labute approximate surface area is 145 Å². The van der Waals surface area contributed by atoms with Gasteiger partial charge in [-0.3, -0.25) is 4.79 Å². The highest BCUT2D eigenvalue weighted by molar-refractivity contribution is 7.99. The molecule has 1 amide bonds. The molecule has 0 aromatic heterocycles. The van der Waals surface area contributed by atoms with Crippen LogP contribution in [0.2, 0.25) is 0 Å². The van der Waals surface area contributed by atoms with E-state index in [-0.39, 0.29) is 18.3 Å². The Morgan fingerprint density at radius 2 is 2.13 bits per heavy atom. The van der Waals surface area contributed by atoms with Crippen LogP contribution >= 0.6 is 24.2 Å². The molecule has 1 aliphatic heterocycles. The van der Waals surface area contributed by atoms with Gasteiger partial charge in [-0.2, -0.15) is 8.78 Å². The average Bonchev–Trinajstić information content (AvgIpc) is 2.48. The van der Waals surface area contributed by atoms with Crippen molar-refractivity contribution in [1.82, 2.24) is 5.32 Å². The summed E-state index contributed by atoms with van der Waals surface area (Å²) in [5.74, 6) is -2.59. The number of hydrogen-bond acceptors (Lipinski definition) is 4. The smallest absolute Gasteiger partial charge is 0.288 e. The Morgan fingerprint density at radius 1 is 1.43 bits per heavy atom. The third kappa shape index (κ3) is 5.60. The monoisotopic (exact) mass is 366 g/mol. The number of ether oxygens (including phenoxy) is 1. The summed E-state index contributed by atoms with van der Waals surface area (Å²) < 4.78 is 30.1. The fourth-order valence-electron chi connectivity index (χ4n) is 2.63. The van der Waals surface area contributed by atoms with Gasteiger partial charge in [0, 0.05) is 17.7 Å². The van der Waals surface area contributed by atoms with Crippen LogP contribution in [0.1, 0.15) is 12.8 Å². The zero-order valence-corrected chi connectivity index (χ0v) is 14.4. The van der Waals surface area contributed by atoms with Crippen molar-refractivity contribution in [1.29, 1.82) is 0 Å². The number of alkyl halides is 2. The first-order valence-corrected chi connectivity index (χ1v) is 8.00. The molecule has 0 spiro atoms. The second kappa shape index (κ2) is 9.42.